The average molecular weight is 354 g/mol. The molecule has 5 nitrogen and oxygen atoms in total. The number of aromatic carboxylic acids is 1. The minimum atomic E-state index is -3.93. The number of rotatable bonds is 5. The predicted molar refractivity (Wildman–Crippen MR) is 91.8 cm³/mol. The standard InChI is InChI=1S/C16H18O5S2/c1-12-7-9-14(10-8-12)21-23(19,20)22(2,3)15-6-4-5-13(11-15)16(17)18/h4-11H,1-3H3,(H,17,18). The summed E-state index contributed by atoms with van der Waals surface area (Å²) >= 11 is 0. The van der Waals surface area contributed by atoms with Gasteiger partial charge in [0, 0.05) is 4.90 Å². The zero-order valence-corrected chi connectivity index (χ0v) is 14.6. The van der Waals surface area contributed by atoms with Crippen molar-refractivity contribution in [3.63, 3.8) is 0 Å². The zero-order chi connectivity index (χ0) is 17.3. The predicted octanol–water partition coefficient (Wildman–Crippen LogP) is 3.44. The Morgan fingerprint density at radius 3 is 2.22 bits per heavy atom. The van der Waals surface area contributed by atoms with Gasteiger partial charge in [-0.2, -0.15) is 8.42 Å². The molecule has 0 bridgehead atoms. The van der Waals surface area contributed by atoms with E-state index in [-0.39, 0.29) is 11.3 Å². The van der Waals surface area contributed by atoms with Crippen molar-refractivity contribution in [1.29, 1.82) is 0 Å². The lowest BCUT2D eigenvalue weighted by Gasteiger charge is -2.30. The highest BCUT2D eigenvalue weighted by molar-refractivity contribution is 8.88. The second kappa shape index (κ2) is 6.25. The molecule has 124 valence electrons. The molecule has 0 unspecified atom stereocenters. The lowest BCUT2D eigenvalue weighted by Crippen LogP contribution is -2.17. The van der Waals surface area contributed by atoms with Gasteiger partial charge in [-0.15, -0.1) is 0 Å². The lowest BCUT2D eigenvalue weighted by atomic mass is 10.2. The van der Waals surface area contributed by atoms with Crippen molar-refractivity contribution in [3.05, 3.63) is 59.7 Å². The highest BCUT2D eigenvalue weighted by Gasteiger charge is 2.33. The Hall–Kier alpha value is -1.99. The summed E-state index contributed by atoms with van der Waals surface area (Å²) < 4.78 is 30.5. The number of hydrogen-bond acceptors (Lipinski definition) is 4. The average Bonchev–Trinajstić information content (AvgIpc) is 2.49. The molecule has 0 saturated carbocycles. The number of benzene rings is 2. The van der Waals surface area contributed by atoms with Crippen molar-refractivity contribution in [2.45, 2.75) is 11.8 Å². The van der Waals surface area contributed by atoms with E-state index in [9.17, 15) is 13.2 Å². The Kier molecular flexibility index (Phi) is 4.72. The summed E-state index contributed by atoms with van der Waals surface area (Å²) in [5, 5.41) is 9.07. The third kappa shape index (κ3) is 3.68. The van der Waals surface area contributed by atoms with Crippen LogP contribution in [0.3, 0.4) is 0 Å². The fourth-order valence-corrected chi connectivity index (χ4v) is 5.18. The third-order valence-electron chi connectivity index (χ3n) is 3.38. The number of hydrogen-bond donors (Lipinski definition) is 1. The van der Waals surface area contributed by atoms with Gasteiger partial charge in [-0.3, -0.25) is 0 Å². The van der Waals surface area contributed by atoms with E-state index in [1.165, 1.54) is 18.2 Å². The molecule has 0 aliphatic heterocycles. The molecule has 0 aliphatic carbocycles. The van der Waals surface area contributed by atoms with E-state index in [4.69, 9.17) is 9.29 Å². The van der Waals surface area contributed by atoms with Gasteiger partial charge >= 0.3 is 15.1 Å². The quantitative estimate of drug-likeness (QED) is 0.832. The van der Waals surface area contributed by atoms with Gasteiger partial charge in [0.1, 0.15) is 5.75 Å². The van der Waals surface area contributed by atoms with Gasteiger partial charge in [-0.1, -0.05) is 32.8 Å². The molecule has 2 aromatic carbocycles. The van der Waals surface area contributed by atoms with E-state index < -0.39 is 24.2 Å². The van der Waals surface area contributed by atoms with Crippen LogP contribution >= 0.6 is 9.06 Å². The summed E-state index contributed by atoms with van der Waals surface area (Å²) in [5.41, 5.74) is 1.05. The van der Waals surface area contributed by atoms with Crippen molar-refractivity contribution < 1.29 is 22.5 Å². The van der Waals surface area contributed by atoms with Crippen LogP contribution in [-0.2, 0) is 9.15 Å². The van der Waals surface area contributed by atoms with Crippen LogP contribution < -0.4 is 4.18 Å². The first-order chi connectivity index (χ1) is 10.6. The molecule has 0 heterocycles. The van der Waals surface area contributed by atoms with E-state index in [1.54, 1.807) is 42.8 Å². The van der Waals surface area contributed by atoms with Crippen LogP contribution in [0.4, 0.5) is 0 Å². The largest absolute Gasteiger partial charge is 0.478 e. The first-order valence-corrected chi connectivity index (χ1v) is 11.1. The van der Waals surface area contributed by atoms with Crippen molar-refractivity contribution in [3.8, 4) is 5.75 Å². The molecule has 1 N–H and O–H groups in total. The van der Waals surface area contributed by atoms with Crippen molar-refractivity contribution in [2.75, 3.05) is 12.5 Å². The number of carbonyl (C=O) groups is 1. The Labute approximate surface area is 136 Å². The Balaban J connectivity index is 2.38. The minimum Gasteiger partial charge on any atom is -0.478 e. The van der Waals surface area contributed by atoms with Gasteiger partial charge in [0.05, 0.1) is 5.56 Å². The summed E-state index contributed by atoms with van der Waals surface area (Å²) in [6, 6.07) is 12.7. The van der Waals surface area contributed by atoms with Crippen molar-refractivity contribution in [1.82, 2.24) is 0 Å². The van der Waals surface area contributed by atoms with Crippen LogP contribution in [0.25, 0.3) is 0 Å². The SMILES string of the molecule is Cc1ccc(OS(=O)(=O)S(C)(C)c2cccc(C(=O)O)c2)cc1. The lowest BCUT2D eigenvalue weighted by molar-refractivity contribution is 0.0696. The van der Waals surface area contributed by atoms with Gasteiger partial charge in [0.2, 0.25) is 0 Å². The van der Waals surface area contributed by atoms with Gasteiger partial charge < -0.3 is 9.29 Å². The summed E-state index contributed by atoms with van der Waals surface area (Å²) in [5.74, 6) is -0.857. The van der Waals surface area contributed by atoms with Crippen molar-refractivity contribution >= 4 is 24.2 Å². The number of carboxylic acids is 1. The van der Waals surface area contributed by atoms with Crippen LogP contribution in [0.5, 0.6) is 5.75 Å². The Morgan fingerprint density at radius 1 is 1.04 bits per heavy atom. The van der Waals surface area contributed by atoms with Gasteiger partial charge in [0.25, 0.3) is 0 Å². The summed E-state index contributed by atoms with van der Waals surface area (Å²) in [7, 11) is -6.35. The third-order valence-corrected chi connectivity index (χ3v) is 10.0. The van der Waals surface area contributed by atoms with Gasteiger partial charge in [-0.05, 0) is 49.8 Å². The van der Waals surface area contributed by atoms with Crippen LogP contribution in [0, 0.1) is 6.92 Å². The van der Waals surface area contributed by atoms with Crippen LogP contribution in [0.2, 0.25) is 0 Å². The monoisotopic (exact) mass is 354 g/mol. The molecule has 0 amide bonds. The summed E-state index contributed by atoms with van der Waals surface area (Å²) in [6.45, 7) is 1.89. The molecule has 7 heteroatoms. The second-order valence-electron chi connectivity index (χ2n) is 5.37. The first kappa shape index (κ1) is 17.4. The van der Waals surface area contributed by atoms with E-state index in [0.717, 1.165) is 5.56 Å². The smallest absolute Gasteiger partial charge is 0.352 e. The van der Waals surface area contributed by atoms with E-state index in [2.05, 4.69) is 0 Å². The first-order valence-electron chi connectivity index (χ1n) is 6.71. The molecule has 0 fully saturated rings. The Morgan fingerprint density at radius 2 is 1.65 bits per heavy atom. The molecule has 0 spiro atoms. The molecule has 0 saturated heterocycles. The normalized spacial score (nSPS) is 12.7. The maximum Gasteiger partial charge on any atom is 0.352 e. The molecule has 0 radical (unpaired) electrons. The van der Waals surface area contributed by atoms with E-state index in [1.807, 2.05) is 6.92 Å². The van der Waals surface area contributed by atoms with E-state index in [0.29, 0.717) is 4.90 Å². The molecular formula is C16H18O5S2. The maximum absolute atomic E-state index is 12.7. The number of carboxylic acid groups (broad SMARTS) is 1. The minimum absolute atomic E-state index is 0.0496. The molecule has 0 atom stereocenters. The second-order valence-corrected chi connectivity index (χ2v) is 13.0. The Bertz CT molecular complexity index is 824. The highest BCUT2D eigenvalue weighted by Crippen LogP contribution is 2.55. The molecule has 0 aromatic heterocycles. The fourth-order valence-electron chi connectivity index (χ4n) is 1.85. The van der Waals surface area contributed by atoms with Crippen LogP contribution in [0.15, 0.2) is 53.4 Å². The molecular weight excluding hydrogens is 336 g/mol. The maximum atomic E-state index is 12.7. The molecule has 23 heavy (non-hydrogen) atoms. The van der Waals surface area contributed by atoms with Gasteiger partial charge in [0.15, 0.2) is 0 Å². The fraction of sp³-hybridized carbons (Fsp3) is 0.188. The summed E-state index contributed by atoms with van der Waals surface area (Å²) in [6.07, 6.45) is 3.13. The molecule has 2 rings (SSSR count). The summed E-state index contributed by atoms with van der Waals surface area (Å²) in [4.78, 5) is 11.5. The zero-order valence-electron chi connectivity index (χ0n) is 13.0. The highest BCUT2D eigenvalue weighted by atomic mass is 33.2. The topological polar surface area (TPSA) is 80.7 Å². The molecule has 2 aromatic rings. The van der Waals surface area contributed by atoms with Crippen molar-refractivity contribution in [2.24, 2.45) is 0 Å². The van der Waals surface area contributed by atoms with Crippen LogP contribution in [-0.4, -0.2) is 32.0 Å². The molecule has 0 aliphatic rings. The van der Waals surface area contributed by atoms with Crippen LogP contribution in [0.1, 0.15) is 15.9 Å². The number of aryl methyl sites for hydroxylation is 1. The van der Waals surface area contributed by atoms with Gasteiger partial charge in [-0.25, -0.2) is 4.79 Å². The van der Waals surface area contributed by atoms with E-state index >= 15 is 0 Å².